The summed E-state index contributed by atoms with van der Waals surface area (Å²) < 4.78 is 0. The van der Waals surface area contributed by atoms with Crippen LogP contribution in [0.3, 0.4) is 0 Å². The average molecular weight is 302 g/mol. The molecule has 1 aromatic heterocycles. The number of piperidine rings is 1. The van der Waals surface area contributed by atoms with E-state index >= 15 is 0 Å². The molecule has 0 radical (unpaired) electrons. The van der Waals surface area contributed by atoms with Crippen molar-refractivity contribution < 1.29 is 4.79 Å². The van der Waals surface area contributed by atoms with Crippen LogP contribution in [0, 0.1) is 11.3 Å². The Morgan fingerprint density at radius 2 is 2.14 bits per heavy atom. The maximum absolute atomic E-state index is 11.7. The summed E-state index contributed by atoms with van der Waals surface area (Å²) in [6, 6.07) is 2.30. The number of hydrogen-bond donors (Lipinski definition) is 2. The first-order chi connectivity index (χ1) is 10.7. The number of nitrogens with zero attached hydrogens (tertiary/aromatic N) is 4. The van der Waals surface area contributed by atoms with Crippen molar-refractivity contribution in [2.75, 3.05) is 31.5 Å². The zero-order chi connectivity index (χ0) is 15.8. The molecule has 1 aliphatic rings. The Labute approximate surface area is 130 Å². The molecule has 0 spiro atoms. The Bertz CT molecular complexity index is 533. The minimum Gasteiger partial charge on any atom is -0.365 e. The highest BCUT2D eigenvalue weighted by Crippen LogP contribution is 2.16. The highest BCUT2D eigenvalue weighted by Gasteiger charge is 2.21. The summed E-state index contributed by atoms with van der Waals surface area (Å²) >= 11 is 0. The Kier molecular flexibility index (Phi) is 6.10. The van der Waals surface area contributed by atoms with Gasteiger partial charge in [0.15, 0.2) is 11.5 Å². The Hall–Kier alpha value is -2.20. The molecular formula is C15H22N6O. The molecule has 1 amide bonds. The van der Waals surface area contributed by atoms with Crippen LogP contribution in [-0.4, -0.2) is 53.0 Å². The van der Waals surface area contributed by atoms with Crippen LogP contribution >= 0.6 is 0 Å². The molecule has 0 unspecified atom stereocenters. The third-order valence-corrected chi connectivity index (χ3v) is 3.67. The summed E-state index contributed by atoms with van der Waals surface area (Å²) in [6.07, 6.45) is 5.89. The smallest absolute Gasteiger partial charge is 0.234 e. The van der Waals surface area contributed by atoms with Crippen LogP contribution in [0.4, 0.5) is 5.82 Å². The van der Waals surface area contributed by atoms with Crippen LogP contribution in [0.25, 0.3) is 0 Å². The van der Waals surface area contributed by atoms with Crippen molar-refractivity contribution in [1.82, 2.24) is 20.2 Å². The molecule has 0 atom stereocenters. The molecule has 118 valence electrons. The van der Waals surface area contributed by atoms with E-state index in [2.05, 4.69) is 25.5 Å². The summed E-state index contributed by atoms with van der Waals surface area (Å²) in [7, 11) is 0. The average Bonchev–Trinajstić information content (AvgIpc) is 2.55. The standard InChI is InChI=1S/C15H22N6O/c1-2-5-18-14(22)11-21-8-3-12(4-9-21)20-15-13(10-16)17-6-7-19-15/h6-7,12H,2-5,8-9,11H2,1H3,(H,18,22)(H,19,20). The first-order valence-electron chi connectivity index (χ1n) is 7.69. The SMILES string of the molecule is CCCNC(=O)CN1CCC(Nc2nccnc2C#N)CC1. The highest BCUT2D eigenvalue weighted by atomic mass is 16.2. The number of aromatic nitrogens is 2. The summed E-state index contributed by atoms with van der Waals surface area (Å²) in [5, 5.41) is 15.2. The molecule has 1 aliphatic heterocycles. The van der Waals surface area contributed by atoms with Gasteiger partial charge in [0.05, 0.1) is 6.54 Å². The molecule has 0 bridgehead atoms. The zero-order valence-electron chi connectivity index (χ0n) is 12.9. The van der Waals surface area contributed by atoms with E-state index < -0.39 is 0 Å². The number of likely N-dealkylation sites (tertiary alicyclic amines) is 1. The molecule has 1 aromatic rings. The fourth-order valence-corrected chi connectivity index (χ4v) is 2.48. The lowest BCUT2D eigenvalue weighted by atomic mass is 10.0. The van der Waals surface area contributed by atoms with Gasteiger partial charge >= 0.3 is 0 Å². The molecule has 0 aromatic carbocycles. The first kappa shape index (κ1) is 16.2. The number of rotatable bonds is 6. The molecule has 2 heterocycles. The predicted molar refractivity (Wildman–Crippen MR) is 83.1 cm³/mol. The number of carbonyl (C=O) groups excluding carboxylic acids is 1. The summed E-state index contributed by atoms with van der Waals surface area (Å²) in [5.41, 5.74) is 0.323. The second-order valence-corrected chi connectivity index (χ2v) is 5.41. The van der Waals surface area contributed by atoms with Gasteiger partial charge in [-0.3, -0.25) is 9.69 Å². The minimum atomic E-state index is 0.0916. The van der Waals surface area contributed by atoms with Crippen molar-refractivity contribution in [2.24, 2.45) is 0 Å². The quantitative estimate of drug-likeness (QED) is 0.805. The summed E-state index contributed by atoms with van der Waals surface area (Å²) in [4.78, 5) is 22.0. The van der Waals surface area contributed by atoms with Gasteiger partial charge in [-0.15, -0.1) is 0 Å². The van der Waals surface area contributed by atoms with Gasteiger partial charge in [-0.2, -0.15) is 5.26 Å². The molecule has 7 nitrogen and oxygen atoms in total. The van der Waals surface area contributed by atoms with Gasteiger partial charge in [-0.25, -0.2) is 9.97 Å². The maximum atomic E-state index is 11.7. The van der Waals surface area contributed by atoms with Crippen LogP contribution in [0.2, 0.25) is 0 Å². The Balaban J connectivity index is 1.78. The van der Waals surface area contributed by atoms with Crippen LogP contribution in [0.15, 0.2) is 12.4 Å². The van der Waals surface area contributed by atoms with Gasteiger partial charge in [0.25, 0.3) is 0 Å². The monoisotopic (exact) mass is 302 g/mol. The number of hydrogen-bond acceptors (Lipinski definition) is 6. The van der Waals surface area contributed by atoms with E-state index in [9.17, 15) is 4.79 Å². The minimum absolute atomic E-state index is 0.0916. The number of carbonyl (C=O) groups is 1. The second kappa shape index (κ2) is 8.29. The third-order valence-electron chi connectivity index (χ3n) is 3.67. The van der Waals surface area contributed by atoms with E-state index in [1.807, 2.05) is 13.0 Å². The topological polar surface area (TPSA) is 93.9 Å². The molecule has 7 heteroatoms. The molecule has 22 heavy (non-hydrogen) atoms. The molecule has 0 aliphatic carbocycles. The largest absolute Gasteiger partial charge is 0.365 e. The van der Waals surface area contributed by atoms with Gasteiger partial charge in [0.2, 0.25) is 5.91 Å². The fourth-order valence-electron chi connectivity index (χ4n) is 2.48. The molecule has 2 N–H and O–H groups in total. The zero-order valence-corrected chi connectivity index (χ0v) is 12.9. The van der Waals surface area contributed by atoms with E-state index in [0.29, 0.717) is 18.1 Å². The lowest BCUT2D eigenvalue weighted by Gasteiger charge is -2.32. The number of nitriles is 1. The van der Waals surface area contributed by atoms with Crippen molar-refractivity contribution in [2.45, 2.75) is 32.2 Å². The second-order valence-electron chi connectivity index (χ2n) is 5.41. The van der Waals surface area contributed by atoms with Gasteiger partial charge in [0.1, 0.15) is 6.07 Å². The fraction of sp³-hybridized carbons (Fsp3) is 0.600. The highest BCUT2D eigenvalue weighted by molar-refractivity contribution is 5.77. The van der Waals surface area contributed by atoms with Crippen molar-refractivity contribution >= 4 is 11.7 Å². The van der Waals surface area contributed by atoms with Crippen LogP contribution in [0.5, 0.6) is 0 Å². The summed E-state index contributed by atoms with van der Waals surface area (Å²) in [5.74, 6) is 0.637. The van der Waals surface area contributed by atoms with Gasteiger partial charge in [-0.05, 0) is 19.3 Å². The van der Waals surface area contributed by atoms with Crippen LogP contribution in [0.1, 0.15) is 31.9 Å². The van der Waals surface area contributed by atoms with Crippen molar-refractivity contribution in [1.29, 1.82) is 5.26 Å². The van der Waals surface area contributed by atoms with E-state index in [0.717, 1.165) is 38.9 Å². The van der Waals surface area contributed by atoms with E-state index in [4.69, 9.17) is 5.26 Å². The third kappa shape index (κ3) is 4.67. The molecular weight excluding hydrogens is 280 g/mol. The lowest BCUT2D eigenvalue weighted by Crippen LogP contribution is -2.44. The molecule has 0 saturated carbocycles. The van der Waals surface area contributed by atoms with Crippen LogP contribution in [-0.2, 0) is 4.79 Å². The van der Waals surface area contributed by atoms with E-state index in [1.165, 1.54) is 6.20 Å². The van der Waals surface area contributed by atoms with E-state index in [1.54, 1.807) is 6.20 Å². The maximum Gasteiger partial charge on any atom is 0.234 e. The predicted octanol–water partition coefficient (Wildman–Crippen LogP) is 0.751. The van der Waals surface area contributed by atoms with E-state index in [-0.39, 0.29) is 11.9 Å². The van der Waals surface area contributed by atoms with Gasteiger partial charge in [0, 0.05) is 38.1 Å². The Morgan fingerprint density at radius 3 is 2.82 bits per heavy atom. The number of anilines is 1. The molecule has 2 rings (SSSR count). The van der Waals surface area contributed by atoms with Crippen molar-refractivity contribution in [3.8, 4) is 6.07 Å². The van der Waals surface area contributed by atoms with Gasteiger partial charge in [-0.1, -0.05) is 6.92 Å². The van der Waals surface area contributed by atoms with Crippen LogP contribution < -0.4 is 10.6 Å². The lowest BCUT2D eigenvalue weighted by molar-refractivity contribution is -0.122. The number of amides is 1. The molecule has 1 saturated heterocycles. The van der Waals surface area contributed by atoms with Crippen molar-refractivity contribution in [3.05, 3.63) is 18.1 Å². The summed E-state index contributed by atoms with van der Waals surface area (Å²) in [6.45, 7) is 4.96. The normalized spacial score (nSPS) is 16.0. The first-order valence-corrected chi connectivity index (χ1v) is 7.69. The Morgan fingerprint density at radius 1 is 1.41 bits per heavy atom. The van der Waals surface area contributed by atoms with Gasteiger partial charge < -0.3 is 10.6 Å². The van der Waals surface area contributed by atoms with Crippen molar-refractivity contribution in [3.63, 3.8) is 0 Å². The molecule has 1 fully saturated rings. The number of nitrogens with one attached hydrogen (secondary N) is 2.